The Hall–Kier alpha value is -1.86. The highest BCUT2D eigenvalue weighted by Crippen LogP contribution is 2.29. The molecule has 6 nitrogen and oxygen atoms in total. The number of hydrogen-bond donors (Lipinski definition) is 1. The molecule has 0 saturated carbocycles. The number of piperidine rings is 1. The summed E-state index contributed by atoms with van der Waals surface area (Å²) in [6.45, 7) is 9.91. The Balaban J connectivity index is 2.23. The third-order valence-electron chi connectivity index (χ3n) is 4.71. The number of hydrogen-bond acceptors (Lipinski definition) is 4. The van der Waals surface area contributed by atoms with Gasteiger partial charge in [0.05, 0.1) is 12.0 Å². The molecule has 138 valence electrons. The van der Waals surface area contributed by atoms with Crippen molar-refractivity contribution in [1.82, 2.24) is 9.62 Å². The van der Waals surface area contributed by atoms with Gasteiger partial charge in [-0.15, -0.1) is 0 Å². The molecular weight excluding hydrogens is 340 g/mol. The van der Waals surface area contributed by atoms with Gasteiger partial charge in [0.25, 0.3) is 0 Å². The molecule has 0 aliphatic carbocycles. The van der Waals surface area contributed by atoms with Crippen LogP contribution in [0.3, 0.4) is 0 Å². The van der Waals surface area contributed by atoms with E-state index in [4.69, 9.17) is 4.74 Å². The maximum Gasteiger partial charge on any atom is 0.243 e. The van der Waals surface area contributed by atoms with E-state index < -0.39 is 10.0 Å². The monoisotopic (exact) mass is 366 g/mol. The summed E-state index contributed by atoms with van der Waals surface area (Å²) < 4.78 is 32.7. The molecule has 0 bridgehead atoms. The lowest BCUT2D eigenvalue weighted by atomic mass is 9.87. The van der Waals surface area contributed by atoms with E-state index in [0.29, 0.717) is 18.8 Å². The van der Waals surface area contributed by atoms with Crippen LogP contribution in [0.2, 0.25) is 0 Å². The molecule has 1 aliphatic heterocycles. The zero-order chi connectivity index (χ0) is 18.8. The van der Waals surface area contributed by atoms with Crippen molar-refractivity contribution in [2.75, 3.05) is 20.2 Å². The number of benzene rings is 1. The van der Waals surface area contributed by atoms with Gasteiger partial charge in [-0.1, -0.05) is 20.4 Å². The van der Waals surface area contributed by atoms with Gasteiger partial charge in [0.2, 0.25) is 15.9 Å². The molecule has 1 aromatic rings. The summed E-state index contributed by atoms with van der Waals surface area (Å²) in [6, 6.07) is 4.80. The fourth-order valence-corrected chi connectivity index (χ4v) is 5.10. The van der Waals surface area contributed by atoms with Gasteiger partial charge in [0, 0.05) is 19.1 Å². The number of nitrogens with one attached hydrogen (secondary N) is 1. The van der Waals surface area contributed by atoms with Crippen molar-refractivity contribution < 1.29 is 17.9 Å². The smallest absolute Gasteiger partial charge is 0.243 e. The third-order valence-corrected chi connectivity index (χ3v) is 6.54. The van der Waals surface area contributed by atoms with Crippen LogP contribution in [0.4, 0.5) is 0 Å². The molecule has 1 amide bonds. The Morgan fingerprint density at radius 2 is 1.92 bits per heavy atom. The molecule has 1 heterocycles. The number of ether oxygens (including phenoxy) is 1. The van der Waals surface area contributed by atoms with Crippen LogP contribution in [0.15, 0.2) is 35.7 Å². The molecule has 2 rings (SSSR count). The van der Waals surface area contributed by atoms with Gasteiger partial charge in [0.15, 0.2) is 0 Å². The Kier molecular flexibility index (Phi) is 5.90. The van der Waals surface area contributed by atoms with Crippen LogP contribution in [0.5, 0.6) is 5.75 Å². The highest BCUT2D eigenvalue weighted by atomic mass is 32.2. The minimum absolute atomic E-state index is 0.00164. The van der Waals surface area contributed by atoms with Gasteiger partial charge < -0.3 is 10.1 Å². The minimum atomic E-state index is -3.59. The number of nitrogens with zero attached hydrogens (tertiary/aromatic N) is 1. The summed E-state index contributed by atoms with van der Waals surface area (Å²) >= 11 is 0. The normalized spacial score (nSPS) is 24.6. The van der Waals surface area contributed by atoms with E-state index in [1.165, 1.54) is 10.4 Å². The molecule has 1 N–H and O–H groups in total. The summed E-state index contributed by atoms with van der Waals surface area (Å²) in [6.07, 6.45) is 1.24. The topological polar surface area (TPSA) is 75.7 Å². The number of aryl methyl sites for hydroxylation is 1. The molecule has 0 radical (unpaired) electrons. The van der Waals surface area contributed by atoms with E-state index in [9.17, 15) is 13.2 Å². The molecule has 1 saturated heterocycles. The van der Waals surface area contributed by atoms with Crippen molar-refractivity contribution in [3.8, 4) is 5.75 Å². The molecule has 1 fully saturated rings. The standard InChI is InChI=1S/C18H26N2O4S/c1-6-17(21)19-18-13(3)10-20(11-14(18)4)25(22,23)15-7-8-16(24-5)12(2)9-15/h6-9,13-14,18H,1,10-11H2,2-5H3,(H,19,21). The predicted octanol–water partition coefficient (Wildman–Crippen LogP) is 1.95. The summed E-state index contributed by atoms with van der Waals surface area (Å²) in [7, 11) is -2.03. The van der Waals surface area contributed by atoms with E-state index in [0.717, 1.165) is 5.56 Å². The van der Waals surface area contributed by atoms with Gasteiger partial charge in [-0.25, -0.2) is 8.42 Å². The number of amides is 1. The maximum atomic E-state index is 13.0. The van der Waals surface area contributed by atoms with Crippen LogP contribution < -0.4 is 10.1 Å². The zero-order valence-electron chi connectivity index (χ0n) is 15.2. The zero-order valence-corrected chi connectivity index (χ0v) is 16.0. The van der Waals surface area contributed by atoms with Crippen LogP contribution in [0.25, 0.3) is 0 Å². The maximum absolute atomic E-state index is 13.0. The fraction of sp³-hybridized carbons (Fsp3) is 0.500. The molecule has 1 aromatic carbocycles. The van der Waals surface area contributed by atoms with E-state index in [1.54, 1.807) is 25.3 Å². The largest absolute Gasteiger partial charge is 0.496 e. The molecule has 0 spiro atoms. The van der Waals surface area contributed by atoms with Gasteiger partial charge in [-0.3, -0.25) is 4.79 Å². The van der Waals surface area contributed by atoms with E-state index in [2.05, 4.69) is 11.9 Å². The fourth-order valence-electron chi connectivity index (χ4n) is 3.37. The molecule has 0 aromatic heterocycles. The molecular formula is C18H26N2O4S. The second-order valence-corrected chi connectivity index (χ2v) is 8.58. The first-order valence-corrected chi connectivity index (χ1v) is 9.72. The summed E-state index contributed by atoms with van der Waals surface area (Å²) in [5.41, 5.74) is 0.776. The first-order chi connectivity index (χ1) is 11.7. The Morgan fingerprint density at radius 1 is 1.32 bits per heavy atom. The predicted molar refractivity (Wildman–Crippen MR) is 96.9 cm³/mol. The van der Waals surface area contributed by atoms with Crippen LogP contribution >= 0.6 is 0 Å². The Labute approximate surface area is 149 Å². The van der Waals surface area contributed by atoms with Crippen LogP contribution in [0.1, 0.15) is 19.4 Å². The molecule has 2 unspecified atom stereocenters. The number of carbonyl (C=O) groups is 1. The van der Waals surface area contributed by atoms with Crippen molar-refractivity contribution in [1.29, 1.82) is 0 Å². The average molecular weight is 366 g/mol. The second kappa shape index (κ2) is 7.58. The van der Waals surface area contributed by atoms with Crippen LogP contribution in [0, 0.1) is 18.8 Å². The van der Waals surface area contributed by atoms with Crippen LogP contribution in [-0.2, 0) is 14.8 Å². The van der Waals surface area contributed by atoms with E-state index in [-0.39, 0.29) is 28.7 Å². The molecule has 2 atom stereocenters. The number of rotatable bonds is 5. The number of methoxy groups -OCH3 is 1. The van der Waals surface area contributed by atoms with E-state index >= 15 is 0 Å². The molecule has 1 aliphatic rings. The molecule has 7 heteroatoms. The minimum Gasteiger partial charge on any atom is -0.496 e. The highest BCUT2D eigenvalue weighted by Gasteiger charge is 2.38. The number of sulfonamides is 1. The lowest BCUT2D eigenvalue weighted by Crippen LogP contribution is -2.55. The van der Waals surface area contributed by atoms with Gasteiger partial charge >= 0.3 is 0 Å². The van der Waals surface area contributed by atoms with Crippen molar-refractivity contribution in [2.24, 2.45) is 11.8 Å². The van der Waals surface area contributed by atoms with Gasteiger partial charge in [-0.2, -0.15) is 4.31 Å². The second-order valence-electron chi connectivity index (χ2n) is 6.65. The van der Waals surface area contributed by atoms with Crippen molar-refractivity contribution in [3.05, 3.63) is 36.4 Å². The highest BCUT2D eigenvalue weighted by molar-refractivity contribution is 7.89. The lowest BCUT2D eigenvalue weighted by Gasteiger charge is -2.40. The van der Waals surface area contributed by atoms with Gasteiger partial charge in [0.1, 0.15) is 5.75 Å². The first-order valence-electron chi connectivity index (χ1n) is 8.28. The Morgan fingerprint density at radius 3 is 2.40 bits per heavy atom. The third kappa shape index (κ3) is 4.04. The van der Waals surface area contributed by atoms with Crippen molar-refractivity contribution in [3.63, 3.8) is 0 Å². The Bertz CT molecular complexity index is 748. The van der Waals surface area contributed by atoms with Crippen molar-refractivity contribution in [2.45, 2.75) is 31.7 Å². The SMILES string of the molecule is C=CC(=O)NC1C(C)CN(S(=O)(=O)c2ccc(OC)c(C)c2)CC1C. The quantitative estimate of drug-likeness (QED) is 0.808. The van der Waals surface area contributed by atoms with E-state index in [1.807, 2.05) is 20.8 Å². The van der Waals surface area contributed by atoms with Crippen molar-refractivity contribution >= 4 is 15.9 Å². The first kappa shape index (κ1) is 19.5. The van der Waals surface area contributed by atoms with Crippen LogP contribution in [-0.4, -0.2) is 44.9 Å². The number of carbonyl (C=O) groups excluding carboxylic acids is 1. The summed E-state index contributed by atoms with van der Waals surface area (Å²) in [5.74, 6) is 0.431. The van der Waals surface area contributed by atoms with Gasteiger partial charge in [-0.05, 0) is 48.6 Å². The molecule has 25 heavy (non-hydrogen) atoms. The summed E-state index contributed by atoms with van der Waals surface area (Å²) in [4.78, 5) is 11.9. The summed E-state index contributed by atoms with van der Waals surface area (Å²) in [5, 5.41) is 2.91. The lowest BCUT2D eigenvalue weighted by molar-refractivity contribution is -0.118. The average Bonchev–Trinajstić information content (AvgIpc) is 2.57.